The maximum atomic E-state index is 9.64. The van der Waals surface area contributed by atoms with Crippen LogP contribution in [0.3, 0.4) is 0 Å². The molecular weight excluding hydrogens is 120 g/mol. The van der Waals surface area contributed by atoms with Gasteiger partial charge in [-0.25, -0.2) is 4.98 Å². The molecule has 9 heavy (non-hydrogen) atoms. The van der Waals surface area contributed by atoms with Crippen molar-refractivity contribution in [3.05, 3.63) is 16.6 Å². The van der Waals surface area contributed by atoms with Crippen LogP contribution >= 0.6 is 0 Å². The first kappa shape index (κ1) is 5.87. The summed E-state index contributed by atoms with van der Waals surface area (Å²) in [6, 6.07) is 0. The van der Waals surface area contributed by atoms with Crippen LogP contribution in [0.25, 0.3) is 0 Å². The molecule has 5 nitrogen and oxygen atoms in total. The van der Waals surface area contributed by atoms with Crippen molar-refractivity contribution in [2.45, 2.75) is 13.5 Å². The van der Waals surface area contributed by atoms with E-state index in [2.05, 4.69) is 20.4 Å². The molecule has 0 aliphatic heterocycles. The van der Waals surface area contributed by atoms with Crippen molar-refractivity contribution in [1.82, 2.24) is 15.2 Å². The van der Waals surface area contributed by atoms with Gasteiger partial charge in [0.2, 0.25) is 0 Å². The largest absolute Gasteiger partial charge is 0.263 e. The molecule has 0 unspecified atom stereocenters. The Balaban J connectivity index is 2.72. The third kappa shape index (κ3) is 1.31. The molecule has 0 fully saturated rings. The van der Waals surface area contributed by atoms with Crippen LogP contribution in [0.4, 0.5) is 0 Å². The standard InChI is InChI=1S/C4H6N4O/c1-3-6-4(2-5-9)8-7-3/h2H2,1H3,(H,6,7,8). The number of aromatic nitrogens is 3. The third-order valence-electron chi connectivity index (χ3n) is 0.849. The van der Waals surface area contributed by atoms with Crippen LogP contribution in [0.2, 0.25) is 0 Å². The second-order valence-electron chi connectivity index (χ2n) is 1.62. The van der Waals surface area contributed by atoms with Gasteiger partial charge in [-0.05, 0) is 6.92 Å². The minimum atomic E-state index is 0.0460. The molecule has 1 rings (SSSR count). The second-order valence-corrected chi connectivity index (χ2v) is 1.62. The van der Waals surface area contributed by atoms with E-state index in [1.165, 1.54) is 0 Å². The Morgan fingerprint density at radius 3 is 3.00 bits per heavy atom. The van der Waals surface area contributed by atoms with Gasteiger partial charge in [-0.3, -0.25) is 5.10 Å². The normalized spacial score (nSPS) is 9.44. The first-order chi connectivity index (χ1) is 4.33. The van der Waals surface area contributed by atoms with E-state index >= 15 is 0 Å². The smallest absolute Gasteiger partial charge is 0.175 e. The first-order valence-corrected chi connectivity index (χ1v) is 2.50. The van der Waals surface area contributed by atoms with E-state index in [-0.39, 0.29) is 6.54 Å². The zero-order chi connectivity index (χ0) is 6.69. The molecule has 1 N–H and O–H groups in total. The van der Waals surface area contributed by atoms with Crippen LogP contribution in [0, 0.1) is 11.8 Å². The summed E-state index contributed by atoms with van der Waals surface area (Å²) in [6.07, 6.45) is 0. The van der Waals surface area contributed by atoms with Crippen LogP contribution in [-0.4, -0.2) is 15.2 Å². The molecule has 48 valence electrons. The van der Waals surface area contributed by atoms with E-state index in [4.69, 9.17) is 0 Å². The summed E-state index contributed by atoms with van der Waals surface area (Å²) >= 11 is 0. The van der Waals surface area contributed by atoms with Crippen molar-refractivity contribution in [2.24, 2.45) is 5.18 Å². The summed E-state index contributed by atoms with van der Waals surface area (Å²) in [5.74, 6) is 1.15. The minimum absolute atomic E-state index is 0.0460. The number of hydrogen-bond donors (Lipinski definition) is 1. The zero-order valence-electron chi connectivity index (χ0n) is 4.96. The fourth-order valence-corrected chi connectivity index (χ4v) is 0.517. The Hall–Kier alpha value is -1.26. The highest BCUT2D eigenvalue weighted by molar-refractivity contribution is 4.86. The highest BCUT2D eigenvalue weighted by atomic mass is 16.3. The van der Waals surface area contributed by atoms with Gasteiger partial charge >= 0.3 is 0 Å². The minimum Gasteiger partial charge on any atom is -0.263 e. The van der Waals surface area contributed by atoms with Gasteiger partial charge in [0.05, 0.1) is 0 Å². The van der Waals surface area contributed by atoms with Gasteiger partial charge in [0.25, 0.3) is 0 Å². The molecule has 1 heterocycles. The number of hydrogen-bond acceptors (Lipinski definition) is 4. The van der Waals surface area contributed by atoms with E-state index in [0.29, 0.717) is 11.6 Å². The summed E-state index contributed by atoms with van der Waals surface area (Å²) in [6.45, 7) is 1.81. The van der Waals surface area contributed by atoms with Gasteiger partial charge in [0.1, 0.15) is 12.4 Å². The number of nitrogens with zero attached hydrogens (tertiary/aromatic N) is 3. The number of H-pyrrole nitrogens is 1. The van der Waals surface area contributed by atoms with Crippen molar-refractivity contribution < 1.29 is 0 Å². The maximum Gasteiger partial charge on any atom is 0.175 e. The number of nitrogens with one attached hydrogen (secondary N) is 1. The third-order valence-corrected chi connectivity index (χ3v) is 0.849. The van der Waals surface area contributed by atoms with Gasteiger partial charge in [-0.1, -0.05) is 5.18 Å². The van der Waals surface area contributed by atoms with Gasteiger partial charge in [0.15, 0.2) is 5.82 Å². The van der Waals surface area contributed by atoms with E-state index in [9.17, 15) is 4.91 Å². The van der Waals surface area contributed by atoms with Gasteiger partial charge in [-0.2, -0.15) is 10.0 Å². The predicted molar refractivity (Wildman–Crippen MR) is 30.6 cm³/mol. The molecule has 0 saturated heterocycles. The average molecular weight is 126 g/mol. The molecule has 0 saturated carbocycles. The SMILES string of the molecule is Cc1nc(CN=O)n[nH]1. The van der Waals surface area contributed by atoms with Crippen molar-refractivity contribution in [1.29, 1.82) is 0 Å². The fourth-order valence-electron chi connectivity index (χ4n) is 0.517. The Morgan fingerprint density at radius 2 is 2.56 bits per heavy atom. The molecule has 5 heteroatoms. The molecule has 0 atom stereocenters. The van der Waals surface area contributed by atoms with Crippen LogP contribution in [0.15, 0.2) is 5.18 Å². The van der Waals surface area contributed by atoms with Crippen LogP contribution in [0.1, 0.15) is 11.6 Å². The molecule has 0 bridgehead atoms. The average Bonchev–Trinajstić information content (AvgIpc) is 2.17. The van der Waals surface area contributed by atoms with Crippen molar-refractivity contribution in [3.8, 4) is 0 Å². The lowest BCUT2D eigenvalue weighted by molar-refractivity contribution is 0.911. The summed E-state index contributed by atoms with van der Waals surface area (Å²) in [5.41, 5.74) is 0. The topological polar surface area (TPSA) is 71.0 Å². The summed E-state index contributed by atoms with van der Waals surface area (Å²) in [5, 5.41) is 8.89. The molecule has 0 aliphatic carbocycles. The zero-order valence-corrected chi connectivity index (χ0v) is 4.96. The lowest BCUT2D eigenvalue weighted by atomic mass is 10.6. The molecule has 0 radical (unpaired) electrons. The quantitative estimate of drug-likeness (QED) is 0.582. The number of aromatic amines is 1. The van der Waals surface area contributed by atoms with Gasteiger partial charge in [0, 0.05) is 0 Å². The van der Waals surface area contributed by atoms with Crippen molar-refractivity contribution >= 4 is 0 Å². The monoisotopic (exact) mass is 126 g/mol. The lowest BCUT2D eigenvalue weighted by Gasteiger charge is -1.75. The number of aryl methyl sites for hydroxylation is 1. The molecule has 0 spiro atoms. The van der Waals surface area contributed by atoms with Crippen LogP contribution in [0.5, 0.6) is 0 Å². The molecule has 1 aromatic rings. The highest BCUT2D eigenvalue weighted by Gasteiger charge is 1.96. The molecule has 0 amide bonds. The van der Waals surface area contributed by atoms with Crippen LogP contribution < -0.4 is 0 Å². The Kier molecular flexibility index (Phi) is 1.53. The van der Waals surface area contributed by atoms with Crippen molar-refractivity contribution in [2.75, 3.05) is 0 Å². The first-order valence-electron chi connectivity index (χ1n) is 2.50. The Labute approximate surface area is 51.5 Å². The predicted octanol–water partition coefficient (Wildman–Crippen LogP) is 0.380. The second kappa shape index (κ2) is 2.34. The summed E-state index contributed by atoms with van der Waals surface area (Å²) in [4.78, 5) is 13.5. The van der Waals surface area contributed by atoms with Crippen molar-refractivity contribution in [3.63, 3.8) is 0 Å². The number of rotatable bonds is 2. The Bertz CT molecular complexity index is 206. The van der Waals surface area contributed by atoms with Gasteiger partial charge in [-0.15, -0.1) is 0 Å². The van der Waals surface area contributed by atoms with Crippen LogP contribution in [-0.2, 0) is 6.54 Å². The number of nitroso groups, excluding NO2 is 1. The molecular formula is C4H6N4O. The highest BCUT2D eigenvalue weighted by Crippen LogP contribution is 1.90. The fraction of sp³-hybridized carbons (Fsp3) is 0.500. The lowest BCUT2D eigenvalue weighted by Crippen LogP contribution is -1.82. The Morgan fingerprint density at radius 1 is 1.78 bits per heavy atom. The van der Waals surface area contributed by atoms with E-state index in [1.807, 2.05) is 0 Å². The van der Waals surface area contributed by atoms with E-state index in [1.54, 1.807) is 6.92 Å². The van der Waals surface area contributed by atoms with Gasteiger partial charge < -0.3 is 0 Å². The molecule has 0 aliphatic rings. The summed E-state index contributed by atoms with van der Waals surface area (Å²) in [7, 11) is 0. The van der Waals surface area contributed by atoms with E-state index in [0.717, 1.165) is 0 Å². The summed E-state index contributed by atoms with van der Waals surface area (Å²) < 4.78 is 0. The molecule has 0 aromatic carbocycles. The maximum absolute atomic E-state index is 9.64. The van der Waals surface area contributed by atoms with E-state index < -0.39 is 0 Å². The molecule has 1 aromatic heterocycles.